The molecule has 0 atom stereocenters. The van der Waals surface area contributed by atoms with Crippen LogP contribution in [-0.4, -0.2) is 23.5 Å². The molecule has 1 aromatic carbocycles. The highest BCUT2D eigenvalue weighted by atomic mass is 16.5. The maximum absolute atomic E-state index is 11.9. The summed E-state index contributed by atoms with van der Waals surface area (Å²) in [6.45, 7) is 4.84. The van der Waals surface area contributed by atoms with E-state index in [-0.39, 0.29) is 11.2 Å². The predicted octanol–water partition coefficient (Wildman–Crippen LogP) is 1.76. The zero-order chi connectivity index (χ0) is 14.7. The molecule has 2 aromatic rings. The quantitative estimate of drug-likeness (QED) is 0.921. The van der Waals surface area contributed by atoms with E-state index in [1.54, 1.807) is 13.2 Å². The molecular formula is C15H19N3O2. The summed E-state index contributed by atoms with van der Waals surface area (Å²) in [5.74, 6) is 0. The minimum absolute atomic E-state index is 0.201. The summed E-state index contributed by atoms with van der Waals surface area (Å²) >= 11 is 0. The van der Waals surface area contributed by atoms with Gasteiger partial charge in [-0.3, -0.25) is 4.79 Å². The molecule has 106 valence electrons. The molecule has 0 saturated heterocycles. The fourth-order valence-electron chi connectivity index (χ4n) is 2.04. The van der Waals surface area contributed by atoms with E-state index in [0.29, 0.717) is 18.8 Å². The summed E-state index contributed by atoms with van der Waals surface area (Å²) < 4.78 is 6.35. The van der Waals surface area contributed by atoms with Gasteiger partial charge < -0.3 is 10.5 Å². The second-order valence-corrected chi connectivity index (χ2v) is 4.82. The average molecular weight is 273 g/mol. The Morgan fingerprint density at radius 3 is 2.75 bits per heavy atom. The van der Waals surface area contributed by atoms with E-state index in [0.717, 1.165) is 16.7 Å². The van der Waals surface area contributed by atoms with Crippen molar-refractivity contribution in [3.63, 3.8) is 0 Å². The Labute approximate surface area is 118 Å². The number of nitrogen functional groups attached to an aromatic ring is 1. The highest BCUT2D eigenvalue weighted by molar-refractivity contribution is 5.66. The lowest BCUT2D eigenvalue weighted by atomic mass is 10.0. The number of aryl methyl sites for hydroxylation is 2. The fourth-order valence-corrected chi connectivity index (χ4v) is 2.04. The number of benzene rings is 1. The van der Waals surface area contributed by atoms with Crippen LogP contribution in [0.4, 0.5) is 5.69 Å². The molecular weight excluding hydrogens is 254 g/mol. The molecule has 1 aromatic heterocycles. The van der Waals surface area contributed by atoms with Gasteiger partial charge in [-0.15, -0.1) is 0 Å². The van der Waals surface area contributed by atoms with Gasteiger partial charge in [0.1, 0.15) is 5.69 Å². The molecule has 0 bridgehead atoms. The maximum atomic E-state index is 11.9. The van der Waals surface area contributed by atoms with Crippen molar-refractivity contribution in [2.75, 3.05) is 19.5 Å². The first-order chi connectivity index (χ1) is 9.52. The van der Waals surface area contributed by atoms with Gasteiger partial charge in [-0.25, -0.2) is 4.68 Å². The summed E-state index contributed by atoms with van der Waals surface area (Å²) in [4.78, 5) is 11.9. The maximum Gasteiger partial charge on any atom is 0.289 e. The van der Waals surface area contributed by atoms with Crippen LogP contribution < -0.4 is 11.3 Å². The van der Waals surface area contributed by atoms with Crippen molar-refractivity contribution >= 4 is 5.69 Å². The van der Waals surface area contributed by atoms with Crippen molar-refractivity contribution in [2.45, 2.75) is 20.4 Å². The van der Waals surface area contributed by atoms with E-state index >= 15 is 0 Å². The van der Waals surface area contributed by atoms with Gasteiger partial charge in [0.15, 0.2) is 0 Å². The highest BCUT2D eigenvalue weighted by Gasteiger charge is 2.09. The number of hydrogen-bond acceptors (Lipinski definition) is 4. The molecule has 0 amide bonds. The molecule has 5 nitrogen and oxygen atoms in total. The molecule has 0 fully saturated rings. The van der Waals surface area contributed by atoms with Crippen molar-refractivity contribution in [1.29, 1.82) is 0 Å². The third-order valence-corrected chi connectivity index (χ3v) is 3.18. The standard InChI is InChI=1S/C15H19N3O2/c1-10-4-5-11(2)12(8-10)14-9-13(16)15(19)18(17-14)6-7-20-3/h4-5,8-9H,6-7,16H2,1-3H3. The van der Waals surface area contributed by atoms with Crippen LogP contribution in [0.5, 0.6) is 0 Å². The fraction of sp³-hybridized carbons (Fsp3) is 0.333. The molecule has 2 N–H and O–H groups in total. The van der Waals surface area contributed by atoms with Gasteiger partial charge >= 0.3 is 0 Å². The summed E-state index contributed by atoms with van der Waals surface area (Å²) in [7, 11) is 1.59. The number of nitrogens with zero attached hydrogens (tertiary/aromatic N) is 2. The van der Waals surface area contributed by atoms with Gasteiger partial charge in [0.2, 0.25) is 0 Å². The Morgan fingerprint density at radius 1 is 1.30 bits per heavy atom. The number of anilines is 1. The van der Waals surface area contributed by atoms with Crippen LogP contribution in [0.2, 0.25) is 0 Å². The largest absolute Gasteiger partial charge is 0.394 e. The van der Waals surface area contributed by atoms with Gasteiger partial charge in [0.05, 0.1) is 18.8 Å². The first-order valence-corrected chi connectivity index (χ1v) is 6.47. The van der Waals surface area contributed by atoms with Crippen molar-refractivity contribution in [3.05, 3.63) is 45.7 Å². The van der Waals surface area contributed by atoms with E-state index in [4.69, 9.17) is 10.5 Å². The zero-order valence-electron chi connectivity index (χ0n) is 12.0. The zero-order valence-corrected chi connectivity index (χ0v) is 12.0. The summed E-state index contributed by atoms with van der Waals surface area (Å²) in [5.41, 5.74) is 9.66. The first-order valence-electron chi connectivity index (χ1n) is 6.47. The first kappa shape index (κ1) is 14.3. The van der Waals surface area contributed by atoms with E-state index in [2.05, 4.69) is 5.10 Å². The number of hydrogen-bond donors (Lipinski definition) is 1. The third-order valence-electron chi connectivity index (χ3n) is 3.18. The van der Waals surface area contributed by atoms with Gasteiger partial charge in [0, 0.05) is 12.7 Å². The van der Waals surface area contributed by atoms with E-state index in [9.17, 15) is 4.79 Å². The van der Waals surface area contributed by atoms with E-state index in [1.165, 1.54) is 4.68 Å². The number of ether oxygens (including phenoxy) is 1. The molecule has 5 heteroatoms. The Bertz CT molecular complexity index is 677. The normalized spacial score (nSPS) is 10.8. The molecule has 0 aliphatic heterocycles. The molecule has 0 aliphatic carbocycles. The molecule has 0 aliphatic rings. The van der Waals surface area contributed by atoms with Crippen LogP contribution in [0.3, 0.4) is 0 Å². The number of methoxy groups -OCH3 is 1. The Kier molecular flexibility index (Phi) is 4.20. The van der Waals surface area contributed by atoms with Gasteiger partial charge in [-0.1, -0.05) is 17.7 Å². The Hall–Kier alpha value is -2.14. The van der Waals surface area contributed by atoms with Crippen LogP contribution in [0, 0.1) is 13.8 Å². The van der Waals surface area contributed by atoms with Crippen molar-refractivity contribution < 1.29 is 4.74 Å². The van der Waals surface area contributed by atoms with Gasteiger partial charge in [0.25, 0.3) is 5.56 Å². The van der Waals surface area contributed by atoms with Crippen LogP contribution >= 0.6 is 0 Å². The van der Waals surface area contributed by atoms with Gasteiger partial charge in [-0.2, -0.15) is 5.10 Å². The molecule has 2 rings (SSSR count). The average Bonchev–Trinajstić information content (AvgIpc) is 2.43. The topological polar surface area (TPSA) is 70.1 Å². The number of rotatable bonds is 4. The minimum Gasteiger partial charge on any atom is -0.394 e. The summed E-state index contributed by atoms with van der Waals surface area (Å²) in [6.07, 6.45) is 0. The summed E-state index contributed by atoms with van der Waals surface area (Å²) in [5, 5.41) is 4.39. The summed E-state index contributed by atoms with van der Waals surface area (Å²) in [6, 6.07) is 7.76. The monoisotopic (exact) mass is 273 g/mol. The van der Waals surface area contributed by atoms with E-state index < -0.39 is 0 Å². The van der Waals surface area contributed by atoms with Crippen LogP contribution in [0.25, 0.3) is 11.3 Å². The SMILES string of the molecule is COCCn1nc(-c2cc(C)ccc2C)cc(N)c1=O. The van der Waals surface area contributed by atoms with Crippen LogP contribution in [0.1, 0.15) is 11.1 Å². The lowest BCUT2D eigenvalue weighted by Crippen LogP contribution is -2.27. The minimum atomic E-state index is -0.281. The molecule has 0 saturated carbocycles. The van der Waals surface area contributed by atoms with Crippen LogP contribution in [-0.2, 0) is 11.3 Å². The lowest BCUT2D eigenvalue weighted by Gasteiger charge is -2.11. The predicted molar refractivity (Wildman–Crippen MR) is 79.7 cm³/mol. The van der Waals surface area contributed by atoms with Gasteiger partial charge in [-0.05, 0) is 31.5 Å². The lowest BCUT2D eigenvalue weighted by molar-refractivity contribution is 0.182. The second-order valence-electron chi connectivity index (χ2n) is 4.82. The smallest absolute Gasteiger partial charge is 0.289 e. The van der Waals surface area contributed by atoms with E-state index in [1.807, 2.05) is 32.0 Å². The molecule has 0 unspecified atom stereocenters. The molecule has 1 heterocycles. The molecule has 0 radical (unpaired) electrons. The number of aromatic nitrogens is 2. The molecule has 20 heavy (non-hydrogen) atoms. The number of nitrogens with two attached hydrogens (primary N) is 1. The van der Waals surface area contributed by atoms with Crippen molar-refractivity contribution in [1.82, 2.24) is 9.78 Å². The second kappa shape index (κ2) is 5.88. The highest BCUT2D eigenvalue weighted by Crippen LogP contribution is 2.22. The Morgan fingerprint density at radius 2 is 2.05 bits per heavy atom. The van der Waals surface area contributed by atoms with Crippen LogP contribution in [0.15, 0.2) is 29.1 Å². The van der Waals surface area contributed by atoms with Crippen molar-refractivity contribution in [3.8, 4) is 11.3 Å². The Balaban J connectivity index is 2.54. The third kappa shape index (κ3) is 2.88. The van der Waals surface area contributed by atoms with Crippen molar-refractivity contribution in [2.24, 2.45) is 0 Å². The molecule has 0 spiro atoms.